The number of nitrogens with two attached hydrogens (primary N) is 2. The van der Waals surface area contributed by atoms with Gasteiger partial charge in [-0.3, -0.25) is 16.5 Å². The van der Waals surface area contributed by atoms with E-state index in [2.05, 4.69) is 36.6 Å². The van der Waals surface area contributed by atoms with E-state index >= 15 is 0 Å². The quantitative estimate of drug-likeness (QED) is 0.266. The average molecular weight is 521 g/mol. The number of imidazole rings is 1. The van der Waals surface area contributed by atoms with Crippen molar-refractivity contribution in [3.63, 3.8) is 0 Å². The summed E-state index contributed by atoms with van der Waals surface area (Å²) in [4.78, 5) is 15.6. The number of carbonyl (C=O) groups is 1. The number of benzene rings is 1. The van der Waals surface area contributed by atoms with Crippen molar-refractivity contribution in [3.05, 3.63) is 48.0 Å². The van der Waals surface area contributed by atoms with Gasteiger partial charge < -0.3 is 9.67 Å². The molecule has 8 nitrogen and oxygen atoms in total. The summed E-state index contributed by atoms with van der Waals surface area (Å²) in [7, 11) is 4.61. The third-order valence-electron chi connectivity index (χ3n) is 2.53. The molecule has 0 fully saturated rings. The van der Waals surface area contributed by atoms with Crippen LogP contribution in [0.4, 0.5) is 0 Å². The van der Waals surface area contributed by atoms with Crippen LogP contribution in [0.25, 0.3) is 0 Å². The molecule has 129 valence electrons. The number of nitrogens with one attached hydrogen (secondary N) is 1. The zero-order chi connectivity index (χ0) is 17.7. The number of rotatable bonds is 4. The predicted octanol–water partition coefficient (Wildman–Crippen LogP) is 0.553. The Morgan fingerprint density at radius 2 is 2.04 bits per heavy atom. The van der Waals surface area contributed by atoms with E-state index in [4.69, 9.17) is 5.11 Å². The molecule has 0 unspecified atom stereocenters. The van der Waals surface area contributed by atoms with E-state index in [1.54, 1.807) is 60.0 Å². The molecule has 10 heteroatoms. The molecule has 6 N–H and O–H groups in total. The number of phenols is 1. The minimum atomic E-state index is -0.226. The Morgan fingerprint density at radius 1 is 1.43 bits per heavy atom. The summed E-state index contributed by atoms with van der Waals surface area (Å²) >= 11 is 1.61. The molecule has 0 saturated carbocycles. The van der Waals surface area contributed by atoms with Crippen molar-refractivity contribution in [2.45, 2.75) is 13.5 Å². The molecule has 1 aromatic carbocycles. The molecule has 2 aromatic rings. The van der Waals surface area contributed by atoms with E-state index in [0.29, 0.717) is 0 Å². The summed E-state index contributed by atoms with van der Waals surface area (Å²) in [6.07, 6.45) is 4.89. The first-order valence-electron chi connectivity index (χ1n) is 6.19. The van der Waals surface area contributed by atoms with Gasteiger partial charge in [0.05, 0.1) is 6.21 Å². The first kappa shape index (κ1) is 21.3. The van der Waals surface area contributed by atoms with Crippen LogP contribution in [0.2, 0.25) is 0 Å². The van der Waals surface area contributed by atoms with E-state index in [1.165, 1.54) is 6.21 Å². The standard InChI is InChI=1S/C13H14N4O2.ClH.H4N2.Pt/c1-10-14-6-7-17(10)9-13(19)16-15-8-11-2-4-12(18)5-3-11;;1-2;/h2-8,18H,9H2,1H3,(H,16,19);1H;1-2H2;/q;;;+1/p-1/b15-8+;;;. The van der Waals surface area contributed by atoms with Crippen LogP contribution < -0.4 is 17.1 Å². The first-order chi connectivity index (χ1) is 11.1. The van der Waals surface area contributed by atoms with Crippen molar-refractivity contribution in [2.24, 2.45) is 16.8 Å². The van der Waals surface area contributed by atoms with Crippen LogP contribution >= 0.6 is 9.42 Å². The third-order valence-corrected chi connectivity index (χ3v) is 2.53. The van der Waals surface area contributed by atoms with E-state index in [9.17, 15) is 4.79 Å². The third kappa shape index (κ3) is 8.46. The summed E-state index contributed by atoms with van der Waals surface area (Å²) < 4.78 is 1.73. The molecule has 23 heavy (non-hydrogen) atoms. The van der Waals surface area contributed by atoms with Crippen LogP contribution in [-0.2, 0) is 30.1 Å². The minimum absolute atomic E-state index is 0.179. The number of hydrogen-bond donors (Lipinski definition) is 4. The molecular formula is C13H18ClN6O2Pt. The molecule has 1 heterocycles. The number of phenolic OH excluding ortho intramolecular Hbond substituents is 1. The second-order valence-electron chi connectivity index (χ2n) is 3.99. The zero-order valence-corrected chi connectivity index (χ0v) is 15.3. The monoisotopic (exact) mass is 520 g/mol. The molecule has 0 saturated heterocycles. The summed E-state index contributed by atoms with van der Waals surface area (Å²) in [5.41, 5.74) is 3.22. The molecule has 0 aliphatic rings. The van der Waals surface area contributed by atoms with Gasteiger partial charge in [0.1, 0.15) is 18.1 Å². The molecule has 1 aromatic heterocycles. The van der Waals surface area contributed by atoms with Gasteiger partial charge in [-0.1, -0.05) is 0 Å². The fourth-order valence-electron chi connectivity index (χ4n) is 1.50. The Labute approximate surface area is 149 Å². The Kier molecular flexibility index (Phi) is 11.8. The van der Waals surface area contributed by atoms with E-state index < -0.39 is 0 Å². The number of amides is 1. The van der Waals surface area contributed by atoms with Gasteiger partial charge in [0.25, 0.3) is 5.91 Å². The second-order valence-corrected chi connectivity index (χ2v) is 3.99. The van der Waals surface area contributed by atoms with Crippen LogP contribution in [0.5, 0.6) is 5.75 Å². The van der Waals surface area contributed by atoms with Gasteiger partial charge in [-0.25, -0.2) is 10.4 Å². The van der Waals surface area contributed by atoms with Gasteiger partial charge in [0.2, 0.25) is 0 Å². The number of aromatic nitrogens is 2. The Balaban J connectivity index is 0.00000112. The Hall–Kier alpha value is -1.73. The number of hydrazone groups is 1. The first-order valence-corrected chi connectivity index (χ1v) is 9.00. The van der Waals surface area contributed by atoms with Crippen LogP contribution in [0, 0.1) is 6.92 Å². The van der Waals surface area contributed by atoms with Crippen molar-refractivity contribution in [2.75, 3.05) is 0 Å². The molecule has 2 rings (SSSR count). The Bertz CT molecular complexity index is 603. The summed E-state index contributed by atoms with van der Waals surface area (Å²) in [6.45, 7) is 2.01. The Morgan fingerprint density at radius 3 is 2.57 bits per heavy atom. The molecule has 0 atom stereocenters. The number of aromatic hydroxyl groups is 1. The van der Waals surface area contributed by atoms with Gasteiger partial charge in [-0.05, 0) is 36.8 Å². The molecule has 0 aliphatic carbocycles. The molecule has 0 bridgehead atoms. The van der Waals surface area contributed by atoms with Crippen molar-refractivity contribution in [1.82, 2.24) is 15.0 Å². The van der Waals surface area contributed by atoms with E-state index in [0.717, 1.165) is 11.4 Å². The van der Waals surface area contributed by atoms with Crippen LogP contribution in [0.1, 0.15) is 11.4 Å². The molecule has 0 radical (unpaired) electrons. The number of nitrogens with zero attached hydrogens (tertiary/aromatic N) is 3. The SMILES string of the molecule is Cc1nccn1CC(=O)N/N=C/c1ccc(O)cc1.NN.[Cl][Pt]. The van der Waals surface area contributed by atoms with Crippen molar-refractivity contribution in [3.8, 4) is 5.75 Å². The number of halogens is 1. The van der Waals surface area contributed by atoms with Crippen molar-refractivity contribution >= 4 is 21.5 Å². The molecule has 0 aliphatic heterocycles. The number of aryl methyl sites for hydroxylation is 1. The molecule has 0 spiro atoms. The second kappa shape index (κ2) is 12.8. The predicted molar refractivity (Wildman–Crippen MR) is 85.0 cm³/mol. The van der Waals surface area contributed by atoms with Gasteiger partial charge in [-0.15, -0.1) is 0 Å². The van der Waals surface area contributed by atoms with Crippen molar-refractivity contribution in [1.29, 1.82) is 0 Å². The molecular weight excluding hydrogens is 503 g/mol. The maximum absolute atomic E-state index is 11.6. The van der Waals surface area contributed by atoms with Gasteiger partial charge >= 0.3 is 28.2 Å². The summed E-state index contributed by atoms with van der Waals surface area (Å²) in [6, 6.07) is 6.51. The van der Waals surface area contributed by atoms with Crippen molar-refractivity contribution < 1.29 is 28.7 Å². The van der Waals surface area contributed by atoms with Crippen LogP contribution in [0.3, 0.4) is 0 Å². The van der Waals surface area contributed by atoms with Gasteiger partial charge in [0, 0.05) is 12.4 Å². The van der Waals surface area contributed by atoms with E-state index in [-0.39, 0.29) is 18.2 Å². The molecule has 1 amide bonds. The number of hydrazine groups is 1. The number of carbonyl (C=O) groups excluding carboxylic acids is 1. The maximum atomic E-state index is 11.6. The van der Waals surface area contributed by atoms with Gasteiger partial charge in [0.15, 0.2) is 0 Å². The topological polar surface area (TPSA) is 132 Å². The van der Waals surface area contributed by atoms with Gasteiger partial charge in [-0.2, -0.15) is 5.10 Å². The number of hydrogen-bond acceptors (Lipinski definition) is 6. The summed E-state index contributed by atoms with van der Waals surface area (Å²) in [5.74, 6) is 8.74. The normalized spacial score (nSPS) is 9.48. The zero-order valence-electron chi connectivity index (χ0n) is 12.3. The fraction of sp³-hybridized carbons (Fsp3) is 0.154. The average Bonchev–Trinajstić information content (AvgIpc) is 2.98. The summed E-state index contributed by atoms with van der Waals surface area (Å²) in [5, 5.41) is 13.0. The van der Waals surface area contributed by atoms with Crippen LogP contribution in [-0.4, -0.2) is 26.8 Å². The van der Waals surface area contributed by atoms with Crippen LogP contribution in [0.15, 0.2) is 41.8 Å². The fourth-order valence-corrected chi connectivity index (χ4v) is 1.50. The van der Waals surface area contributed by atoms with E-state index in [1.807, 2.05) is 6.92 Å².